The molecule has 0 aliphatic heterocycles. The van der Waals surface area contributed by atoms with E-state index in [9.17, 15) is 14.0 Å². The van der Waals surface area contributed by atoms with Gasteiger partial charge in [-0.25, -0.2) is 9.18 Å². The molecule has 0 aromatic heterocycles. The first-order chi connectivity index (χ1) is 11.4. The molecule has 6 heteroatoms. The second-order valence-corrected chi connectivity index (χ2v) is 6.25. The van der Waals surface area contributed by atoms with Crippen molar-refractivity contribution in [3.8, 4) is 0 Å². The molecule has 1 fully saturated rings. The van der Waals surface area contributed by atoms with Crippen molar-refractivity contribution < 1.29 is 14.0 Å². The van der Waals surface area contributed by atoms with Crippen molar-refractivity contribution >= 4 is 23.5 Å². The van der Waals surface area contributed by atoms with Crippen LogP contribution in [0.4, 0.5) is 9.18 Å². The molecule has 3 amide bonds. The molecule has 1 saturated carbocycles. The first kappa shape index (κ1) is 18.2. The quantitative estimate of drug-likeness (QED) is 0.764. The number of carbonyl (C=O) groups is 2. The first-order valence-electron chi connectivity index (χ1n) is 7.87. The number of halogens is 2. The van der Waals surface area contributed by atoms with Gasteiger partial charge in [-0.05, 0) is 55.9 Å². The standard InChI is InChI=1S/C18H20ClFN2O2/c1-3-4-5-16(11(2)19)21-18(24)22-17(23)14-9-8-13(10-15(14)20)12-6-7-12/h4-5,8-10,12H,3,6-7H2,1-2H3,(H2,21,22,23,24)/b5-4-,16-11-. The number of hydrogen-bond acceptors (Lipinski definition) is 2. The highest BCUT2D eigenvalue weighted by Gasteiger charge is 2.25. The van der Waals surface area contributed by atoms with Gasteiger partial charge in [-0.1, -0.05) is 30.7 Å². The summed E-state index contributed by atoms with van der Waals surface area (Å²) in [6, 6.07) is 3.74. The molecule has 0 bridgehead atoms. The fraction of sp³-hybridized carbons (Fsp3) is 0.333. The number of urea groups is 1. The lowest BCUT2D eigenvalue weighted by molar-refractivity contribution is 0.0960. The smallest absolute Gasteiger partial charge is 0.307 e. The van der Waals surface area contributed by atoms with Gasteiger partial charge >= 0.3 is 6.03 Å². The van der Waals surface area contributed by atoms with E-state index in [4.69, 9.17) is 11.6 Å². The van der Waals surface area contributed by atoms with Gasteiger partial charge in [0, 0.05) is 5.03 Å². The van der Waals surface area contributed by atoms with E-state index in [2.05, 4.69) is 10.6 Å². The molecular formula is C18H20ClFN2O2. The highest BCUT2D eigenvalue weighted by Crippen LogP contribution is 2.40. The molecule has 0 atom stereocenters. The van der Waals surface area contributed by atoms with Gasteiger partial charge in [0.15, 0.2) is 0 Å². The van der Waals surface area contributed by atoms with Gasteiger partial charge in [0.2, 0.25) is 0 Å². The van der Waals surface area contributed by atoms with Crippen molar-refractivity contribution in [3.05, 3.63) is 58.0 Å². The summed E-state index contributed by atoms with van der Waals surface area (Å²) in [5.41, 5.74) is 1.11. The highest BCUT2D eigenvalue weighted by atomic mass is 35.5. The fourth-order valence-corrected chi connectivity index (χ4v) is 2.30. The molecule has 1 aliphatic carbocycles. The summed E-state index contributed by atoms with van der Waals surface area (Å²) < 4.78 is 14.1. The third-order valence-electron chi connectivity index (χ3n) is 3.65. The molecule has 0 heterocycles. The van der Waals surface area contributed by atoms with Crippen LogP contribution in [0.5, 0.6) is 0 Å². The van der Waals surface area contributed by atoms with Gasteiger partial charge in [0.05, 0.1) is 11.3 Å². The summed E-state index contributed by atoms with van der Waals surface area (Å²) in [6.45, 7) is 3.56. The lowest BCUT2D eigenvalue weighted by Gasteiger charge is -2.09. The predicted octanol–water partition coefficient (Wildman–Crippen LogP) is 4.58. The van der Waals surface area contributed by atoms with Crippen molar-refractivity contribution in [3.63, 3.8) is 0 Å². The van der Waals surface area contributed by atoms with Crippen LogP contribution in [-0.2, 0) is 0 Å². The molecular weight excluding hydrogens is 331 g/mol. The second-order valence-electron chi connectivity index (χ2n) is 5.68. The summed E-state index contributed by atoms with van der Waals surface area (Å²) in [6.07, 6.45) is 6.34. The average molecular weight is 351 g/mol. The van der Waals surface area contributed by atoms with Crippen LogP contribution in [0.3, 0.4) is 0 Å². The predicted molar refractivity (Wildman–Crippen MR) is 92.4 cm³/mol. The molecule has 2 N–H and O–H groups in total. The van der Waals surface area contributed by atoms with Crippen LogP contribution < -0.4 is 10.6 Å². The van der Waals surface area contributed by atoms with Crippen molar-refractivity contribution in [1.82, 2.24) is 10.6 Å². The van der Waals surface area contributed by atoms with Crippen LogP contribution in [0.15, 0.2) is 41.1 Å². The van der Waals surface area contributed by atoms with Crippen molar-refractivity contribution in [1.29, 1.82) is 0 Å². The number of carbonyl (C=O) groups excluding carboxylic acids is 2. The Bertz CT molecular complexity index is 705. The third kappa shape index (κ3) is 4.93. The van der Waals surface area contributed by atoms with E-state index in [-0.39, 0.29) is 5.56 Å². The zero-order chi connectivity index (χ0) is 17.7. The number of imide groups is 1. The van der Waals surface area contributed by atoms with E-state index in [0.717, 1.165) is 24.8 Å². The Morgan fingerprint density at radius 3 is 2.58 bits per heavy atom. The van der Waals surface area contributed by atoms with Crippen molar-refractivity contribution in [2.75, 3.05) is 0 Å². The van der Waals surface area contributed by atoms with Crippen LogP contribution in [-0.4, -0.2) is 11.9 Å². The minimum absolute atomic E-state index is 0.160. The highest BCUT2D eigenvalue weighted by molar-refractivity contribution is 6.29. The number of benzene rings is 1. The number of nitrogens with one attached hydrogen (secondary N) is 2. The maximum absolute atomic E-state index is 14.1. The molecule has 1 aliphatic rings. The van der Waals surface area contributed by atoms with Crippen molar-refractivity contribution in [2.45, 2.75) is 39.0 Å². The third-order valence-corrected chi connectivity index (χ3v) is 3.86. The van der Waals surface area contributed by atoms with Crippen LogP contribution in [0.2, 0.25) is 0 Å². The lowest BCUT2D eigenvalue weighted by Crippen LogP contribution is -2.39. The summed E-state index contributed by atoms with van der Waals surface area (Å²) >= 11 is 5.90. The topological polar surface area (TPSA) is 58.2 Å². The number of amides is 3. The Morgan fingerprint density at radius 2 is 2.04 bits per heavy atom. The van der Waals surface area contributed by atoms with Crippen LogP contribution >= 0.6 is 11.6 Å². The van der Waals surface area contributed by atoms with E-state index in [0.29, 0.717) is 16.6 Å². The molecule has 1 aromatic rings. The number of allylic oxidation sites excluding steroid dienone is 3. The lowest BCUT2D eigenvalue weighted by atomic mass is 10.1. The molecule has 0 unspecified atom stereocenters. The minimum Gasteiger partial charge on any atom is -0.307 e. The maximum Gasteiger partial charge on any atom is 0.326 e. The molecule has 4 nitrogen and oxygen atoms in total. The molecule has 0 radical (unpaired) electrons. The zero-order valence-corrected chi connectivity index (χ0v) is 14.4. The van der Waals surface area contributed by atoms with Crippen molar-refractivity contribution in [2.24, 2.45) is 0 Å². The Balaban J connectivity index is 2.02. The van der Waals surface area contributed by atoms with Crippen LogP contribution in [0, 0.1) is 5.82 Å². The molecule has 24 heavy (non-hydrogen) atoms. The van der Waals surface area contributed by atoms with Gasteiger partial charge in [-0.3, -0.25) is 10.1 Å². The van der Waals surface area contributed by atoms with Gasteiger partial charge in [0.1, 0.15) is 5.82 Å². The average Bonchev–Trinajstić information content (AvgIpc) is 3.35. The van der Waals surface area contributed by atoms with E-state index in [1.807, 2.05) is 13.0 Å². The Hall–Kier alpha value is -2.14. The van der Waals surface area contributed by atoms with Crippen LogP contribution in [0.25, 0.3) is 0 Å². The monoisotopic (exact) mass is 350 g/mol. The summed E-state index contributed by atoms with van der Waals surface area (Å²) in [4.78, 5) is 24.0. The molecule has 1 aromatic carbocycles. The normalized spacial score (nSPS) is 15.2. The number of hydrogen-bond donors (Lipinski definition) is 2. The number of rotatable bonds is 5. The minimum atomic E-state index is -0.793. The van der Waals surface area contributed by atoms with Gasteiger partial charge in [-0.2, -0.15) is 0 Å². The van der Waals surface area contributed by atoms with E-state index in [1.165, 1.54) is 12.1 Å². The second kappa shape index (κ2) is 8.11. The molecule has 0 spiro atoms. The molecule has 0 saturated heterocycles. The van der Waals surface area contributed by atoms with Gasteiger partial charge < -0.3 is 5.32 Å². The van der Waals surface area contributed by atoms with Gasteiger partial charge in [0.25, 0.3) is 5.91 Å². The Labute approximate surface area is 145 Å². The SMILES string of the molecule is CC/C=C\C(NC(=O)NC(=O)c1ccc(C2CC2)cc1F)=C(/C)Cl. The fourth-order valence-electron chi connectivity index (χ4n) is 2.19. The summed E-state index contributed by atoms with van der Waals surface area (Å²) in [5.74, 6) is -1.03. The summed E-state index contributed by atoms with van der Waals surface area (Å²) in [7, 11) is 0. The van der Waals surface area contributed by atoms with E-state index < -0.39 is 17.8 Å². The van der Waals surface area contributed by atoms with Gasteiger partial charge in [-0.15, -0.1) is 0 Å². The first-order valence-corrected chi connectivity index (χ1v) is 8.24. The Kier molecular flexibility index (Phi) is 6.15. The van der Waals surface area contributed by atoms with E-state index in [1.54, 1.807) is 19.1 Å². The zero-order valence-electron chi connectivity index (χ0n) is 13.7. The Morgan fingerprint density at radius 1 is 1.33 bits per heavy atom. The molecule has 2 rings (SSSR count). The van der Waals surface area contributed by atoms with E-state index >= 15 is 0 Å². The summed E-state index contributed by atoms with van der Waals surface area (Å²) in [5, 5.41) is 4.96. The molecule has 128 valence electrons. The largest absolute Gasteiger partial charge is 0.326 e. The van der Waals surface area contributed by atoms with Crippen LogP contribution in [0.1, 0.15) is 54.9 Å². The maximum atomic E-state index is 14.1.